The highest BCUT2D eigenvalue weighted by atomic mass is 35.5. The van der Waals surface area contributed by atoms with Gasteiger partial charge in [-0.1, -0.05) is 23.7 Å². The first kappa shape index (κ1) is 27.2. The van der Waals surface area contributed by atoms with Gasteiger partial charge in [-0.05, 0) is 50.5 Å². The van der Waals surface area contributed by atoms with Gasteiger partial charge in [0.05, 0.1) is 30.0 Å². The number of hydrogen-bond acceptors (Lipinski definition) is 6. The van der Waals surface area contributed by atoms with Gasteiger partial charge in [0.1, 0.15) is 11.5 Å². The molecule has 8 heteroatoms. The Balaban J connectivity index is 2.15. The number of anilines is 1. The van der Waals surface area contributed by atoms with Crippen LogP contribution in [0, 0.1) is 13.8 Å². The lowest BCUT2D eigenvalue weighted by atomic mass is 9.98. The molecule has 0 unspecified atom stereocenters. The number of carbonyl (C=O) groups excluding carboxylic acids is 1. The van der Waals surface area contributed by atoms with E-state index in [2.05, 4.69) is 9.98 Å². The molecule has 0 radical (unpaired) electrons. The van der Waals surface area contributed by atoms with Crippen LogP contribution < -0.4 is 14.4 Å². The topological polar surface area (TPSA) is 84.3 Å². The maximum absolute atomic E-state index is 13.9. The highest BCUT2D eigenvalue weighted by Crippen LogP contribution is 2.38. The number of carbonyl (C=O) groups is 1. The predicted octanol–water partition coefficient (Wildman–Crippen LogP) is 5.50. The van der Waals surface area contributed by atoms with E-state index in [0.717, 1.165) is 22.4 Å². The summed E-state index contributed by atoms with van der Waals surface area (Å²) in [6.07, 6.45) is 4.72. The Bertz CT molecular complexity index is 1260. The molecule has 1 amide bonds. The van der Waals surface area contributed by atoms with Gasteiger partial charge in [0, 0.05) is 61.6 Å². The summed E-state index contributed by atoms with van der Waals surface area (Å²) in [5, 5.41) is 9.54. The van der Waals surface area contributed by atoms with Gasteiger partial charge in [-0.2, -0.15) is 0 Å². The highest BCUT2D eigenvalue weighted by molar-refractivity contribution is 6.34. The van der Waals surface area contributed by atoms with E-state index in [1.807, 2.05) is 38.1 Å². The Morgan fingerprint density at radius 1 is 1.17 bits per heavy atom. The number of aliphatic hydroxyl groups is 1. The van der Waals surface area contributed by atoms with Gasteiger partial charge in [-0.15, -0.1) is 0 Å². The zero-order valence-electron chi connectivity index (χ0n) is 21.3. The fraction of sp³-hybridized carbons (Fsp3) is 0.321. The first-order valence-electron chi connectivity index (χ1n) is 11.7. The summed E-state index contributed by atoms with van der Waals surface area (Å²) in [4.78, 5) is 24.1. The molecule has 1 heterocycles. The first-order valence-corrected chi connectivity index (χ1v) is 12.1. The minimum absolute atomic E-state index is 0.0762. The second-order valence-corrected chi connectivity index (χ2v) is 8.80. The summed E-state index contributed by atoms with van der Waals surface area (Å²) in [7, 11) is 4.98. The van der Waals surface area contributed by atoms with Crippen molar-refractivity contribution in [3.63, 3.8) is 0 Å². The number of unbranched alkanes of at least 4 members (excludes halogenated alkanes) is 1. The number of amides is 1. The second-order valence-electron chi connectivity index (χ2n) is 8.40. The Kier molecular flexibility index (Phi) is 9.44. The SMILES string of the molecule is C/N=C/c1cc(C)ncc1-c1cc(C(=O)N(C)c2c(C)cccc2OC)c(OCCCCO)cc1Cl. The van der Waals surface area contributed by atoms with Crippen molar-refractivity contribution in [2.75, 3.05) is 39.3 Å². The number of aliphatic imine (C=N–C) groups is 1. The van der Waals surface area contributed by atoms with Crippen molar-refractivity contribution in [3.05, 3.63) is 70.0 Å². The quantitative estimate of drug-likeness (QED) is 0.288. The van der Waals surface area contributed by atoms with E-state index in [0.29, 0.717) is 52.8 Å². The molecule has 1 aromatic heterocycles. The van der Waals surface area contributed by atoms with Crippen LogP contribution in [0.4, 0.5) is 5.69 Å². The molecule has 2 aromatic carbocycles. The van der Waals surface area contributed by atoms with Crippen LogP contribution in [0.1, 0.15) is 40.0 Å². The summed E-state index contributed by atoms with van der Waals surface area (Å²) < 4.78 is 11.5. The normalized spacial score (nSPS) is 11.1. The largest absolute Gasteiger partial charge is 0.495 e. The fourth-order valence-corrected chi connectivity index (χ4v) is 4.26. The Morgan fingerprint density at radius 2 is 1.94 bits per heavy atom. The van der Waals surface area contributed by atoms with Gasteiger partial charge in [-0.25, -0.2) is 0 Å². The third-order valence-electron chi connectivity index (χ3n) is 5.80. The van der Waals surface area contributed by atoms with Gasteiger partial charge in [0.25, 0.3) is 5.91 Å². The third-order valence-corrected chi connectivity index (χ3v) is 6.11. The third kappa shape index (κ3) is 6.04. The van der Waals surface area contributed by atoms with Crippen LogP contribution in [-0.4, -0.2) is 56.6 Å². The van der Waals surface area contributed by atoms with Gasteiger partial charge in [0.2, 0.25) is 0 Å². The summed E-state index contributed by atoms with van der Waals surface area (Å²) in [5.41, 5.74) is 5.01. The van der Waals surface area contributed by atoms with Crippen molar-refractivity contribution in [1.82, 2.24) is 4.98 Å². The Hall–Kier alpha value is -3.42. The molecule has 0 saturated heterocycles. The van der Waals surface area contributed by atoms with E-state index in [4.69, 9.17) is 26.2 Å². The van der Waals surface area contributed by atoms with E-state index in [-0.39, 0.29) is 12.5 Å². The number of aliphatic hydroxyl groups excluding tert-OH is 1. The zero-order valence-corrected chi connectivity index (χ0v) is 22.1. The van der Waals surface area contributed by atoms with Crippen LogP contribution in [0.25, 0.3) is 11.1 Å². The van der Waals surface area contributed by atoms with Crippen molar-refractivity contribution < 1.29 is 19.4 Å². The number of para-hydroxylation sites is 1. The van der Waals surface area contributed by atoms with E-state index in [1.54, 1.807) is 50.6 Å². The molecule has 0 spiro atoms. The molecular weight excluding hydrogens is 478 g/mol. The standard InChI is InChI=1S/C28H32ClN3O4/c1-18-9-8-10-25(35-5)27(18)32(4)28(34)22-14-21(23-17-31-19(2)13-20(23)16-30-3)24(29)15-26(22)36-12-7-6-11-33/h8-10,13-17,33H,6-7,11-12H2,1-5H3/b30-16+. The molecule has 0 fully saturated rings. The number of aryl methyl sites for hydroxylation is 2. The van der Waals surface area contributed by atoms with Gasteiger partial charge >= 0.3 is 0 Å². The van der Waals surface area contributed by atoms with E-state index in [1.165, 1.54) is 0 Å². The van der Waals surface area contributed by atoms with Crippen molar-refractivity contribution in [3.8, 4) is 22.6 Å². The lowest BCUT2D eigenvalue weighted by molar-refractivity contribution is 0.0988. The molecule has 3 aromatic rings. The van der Waals surface area contributed by atoms with Crippen LogP contribution in [0.3, 0.4) is 0 Å². The predicted molar refractivity (Wildman–Crippen MR) is 145 cm³/mol. The summed E-state index contributed by atoms with van der Waals surface area (Å²) >= 11 is 6.72. The lowest BCUT2D eigenvalue weighted by Gasteiger charge is -2.24. The van der Waals surface area contributed by atoms with Crippen LogP contribution in [0.5, 0.6) is 11.5 Å². The van der Waals surface area contributed by atoms with E-state index in [9.17, 15) is 4.79 Å². The first-order chi connectivity index (χ1) is 17.3. The van der Waals surface area contributed by atoms with Gasteiger partial charge in [-0.3, -0.25) is 14.8 Å². The maximum Gasteiger partial charge on any atom is 0.261 e. The lowest BCUT2D eigenvalue weighted by Crippen LogP contribution is -2.28. The fourth-order valence-electron chi connectivity index (χ4n) is 4.00. The van der Waals surface area contributed by atoms with Crippen molar-refractivity contribution in [2.45, 2.75) is 26.7 Å². The van der Waals surface area contributed by atoms with E-state index < -0.39 is 0 Å². The Morgan fingerprint density at radius 3 is 2.64 bits per heavy atom. The van der Waals surface area contributed by atoms with E-state index >= 15 is 0 Å². The summed E-state index contributed by atoms with van der Waals surface area (Å²) in [6.45, 7) is 4.25. The van der Waals surface area contributed by atoms with Crippen molar-refractivity contribution in [1.29, 1.82) is 0 Å². The molecule has 0 saturated carbocycles. The van der Waals surface area contributed by atoms with Crippen LogP contribution in [-0.2, 0) is 0 Å². The smallest absolute Gasteiger partial charge is 0.261 e. The minimum atomic E-state index is -0.275. The average molecular weight is 510 g/mol. The molecule has 0 atom stereocenters. The molecule has 0 bridgehead atoms. The molecule has 0 aliphatic rings. The zero-order chi connectivity index (χ0) is 26.2. The van der Waals surface area contributed by atoms with Crippen molar-refractivity contribution >= 4 is 29.4 Å². The number of methoxy groups -OCH3 is 1. The van der Waals surface area contributed by atoms with Gasteiger partial charge in [0.15, 0.2) is 0 Å². The molecule has 0 aliphatic heterocycles. The number of nitrogens with zero attached hydrogens (tertiary/aromatic N) is 3. The van der Waals surface area contributed by atoms with Crippen LogP contribution >= 0.6 is 11.6 Å². The van der Waals surface area contributed by atoms with Crippen LogP contribution in [0.2, 0.25) is 5.02 Å². The molecule has 7 nitrogen and oxygen atoms in total. The molecule has 0 aliphatic carbocycles. The number of aromatic nitrogens is 1. The molecule has 3 rings (SSSR count). The number of pyridine rings is 1. The second kappa shape index (κ2) is 12.5. The average Bonchev–Trinajstić information content (AvgIpc) is 2.86. The molecular formula is C28H32ClN3O4. The molecule has 36 heavy (non-hydrogen) atoms. The Labute approximate surface area is 217 Å². The number of ether oxygens (including phenoxy) is 2. The van der Waals surface area contributed by atoms with Crippen molar-refractivity contribution in [2.24, 2.45) is 4.99 Å². The summed E-state index contributed by atoms with van der Waals surface area (Å²) in [5.74, 6) is 0.690. The minimum Gasteiger partial charge on any atom is -0.495 e. The highest BCUT2D eigenvalue weighted by Gasteiger charge is 2.25. The molecule has 1 N–H and O–H groups in total. The van der Waals surface area contributed by atoms with Gasteiger partial charge < -0.3 is 19.5 Å². The monoisotopic (exact) mass is 509 g/mol. The number of benzene rings is 2. The molecule has 190 valence electrons. The number of rotatable bonds is 10. The summed E-state index contributed by atoms with van der Waals surface area (Å²) in [6, 6.07) is 11.0. The number of halogens is 1. The number of hydrogen-bond donors (Lipinski definition) is 1. The van der Waals surface area contributed by atoms with Crippen LogP contribution in [0.15, 0.2) is 47.6 Å². The maximum atomic E-state index is 13.9.